The number of hydrogen-bond acceptors (Lipinski definition) is 4. The summed E-state index contributed by atoms with van der Waals surface area (Å²) in [5.74, 6) is 0.933. The fraction of sp³-hybridized carbons (Fsp3) is 0.600. The van der Waals surface area contributed by atoms with Crippen molar-refractivity contribution in [3.05, 3.63) is 24.3 Å². The molecule has 3 rings (SSSR count). The van der Waals surface area contributed by atoms with Crippen LogP contribution in [0.5, 0.6) is 5.75 Å². The fourth-order valence-electron chi connectivity index (χ4n) is 2.50. The molecule has 0 bridgehead atoms. The first-order valence-electron chi connectivity index (χ1n) is 7.21. The van der Waals surface area contributed by atoms with E-state index in [1.807, 2.05) is 18.2 Å². The molecule has 2 aliphatic rings. The monoisotopic (exact) mass is 262 g/mol. The maximum Gasteiger partial charge on any atom is 0.142 e. The first-order chi connectivity index (χ1) is 9.33. The lowest BCUT2D eigenvalue weighted by Gasteiger charge is -2.26. The second kappa shape index (κ2) is 5.80. The maximum absolute atomic E-state index is 10.2. The van der Waals surface area contributed by atoms with E-state index in [2.05, 4.69) is 16.3 Å². The average molecular weight is 262 g/mol. The summed E-state index contributed by atoms with van der Waals surface area (Å²) in [6.45, 7) is 3.05. The number of nitrogens with zero attached hydrogens (tertiary/aromatic N) is 1. The van der Waals surface area contributed by atoms with Gasteiger partial charge < -0.3 is 20.1 Å². The Bertz CT molecular complexity index is 420. The molecule has 0 aromatic heterocycles. The highest BCUT2D eigenvalue weighted by molar-refractivity contribution is 5.59. The van der Waals surface area contributed by atoms with E-state index in [-0.39, 0.29) is 6.10 Å². The number of rotatable bonds is 5. The van der Waals surface area contributed by atoms with E-state index in [1.54, 1.807) is 0 Å². The number of β-amino-alcohol motifs (C(OH)–C–C–N with tert-alkyl or cyclic N) is 1. The molecule has 1 saturated carbocycles. The number of fused-ring (bicyclic) bond motifs is 1. The van der Waals surface area contributed by atoms with Crippen molar-refractivity contribution in [1.82, 2.24) is 5.32 Å². The lowest BCUT2D eigenvalue weighted by Crippen LogP contribution is -2.39. The lowest BCUT2D eigenvalue weighted by molar-refractivity contribution is 0.176. The van der Waals surface area contributed by atoms with Crippen molar-refractivity contribution in [3.63, 3.8) is 0 Å². The summed E-state index contributed by atoms with van der Waals surface area (Å²) in [5.41, 5.74) is 1.10. The predicted octanol–water partition coefficient (Wildman–Crippen LogP) is 1.39. The summed E-state index contributed by atoms with van der Waals surface area (Å²) in [5, 5.41) is 13.5. The van der Waals surface area contributed by atoms with E-state index in [0.717, 1.165) is 31.0 Å². The van der Waals surface area contributed by atoms with Crippen molar-refractivity contribution in [2.45, 2.75) is 31.4 Å². The highest BCUT2D eigenvalue weighted by Crippen LogP contribution is 2.30. The van der Waals surface area contributed by atoms with E-state index in [1.165, 1.54) is 12.8 Å². The number of anilines is 1. The Balaban J connectivity index is 1.62. The molecular formula is C15H22N2O2. The van der Waals surface area contributed by atoms with Gasteiger partial charge in [0, 0.05) is 25.7 Å². The van der Waals surface area contributed by atoms with E-state index in [9.17, 15) is 5.11 Å². The third-order valence-electron chi connectivity index (χ3n) is 3.69. The van der Waals surface area contributed by atoms with Gasteiger partial charge >= 0.3 is 0 Å². The van der Waals surface area contributed by atoms with Gasteiger partial charge in [0.1, 0.15) is 5.75 Å². The molecule has 4 heteroatoms. The minimum Gasteiger partial charge on any atom is -0.491 e. The summed E-state index contributed by atoms with van der Waals surface area (Å²) in [6.07, 6.45) is 3.18. The van der Waals surface area contributed by atoms with Crippen LogP contribution in [0.4, 0.5) is 5.69 Å². The Morgan fingerprint density at radius 3 is 3.05 bits per heavy atom. The van der Waals surface area contributed by atoms with Crippen LogP contribution in [-0.4, -0.2) is 43.5 Å². The minimum atomic E-state index is -0.327. The standard InChI is InChI=1S/C15H22N2O2/c18-13(10-16-12-6-7-12)11-17-8-3-9-19-15-5-2-1-4-14(15)17/h1-2,4-5,12-13,16,18H,3,6-11H2. The molecule has 2 N–H and O–H groups in total. The molecule has 1 aliphatic carbocycles. The van der Waals surface area contributed by atoms with Crippen LogP contribution in [0.2, 0.25) is 0 Å². The van der Waals surface area contributed by atoms with Gasteiger partial charge in [-0.3, -0.25) is 0 Å². The number of para-hydroxylation sites is 2. The number of ether oxygens (including phenoxy) is 1. The van der Waals surface area contributed by atoms with Crippen LogP contribution in [0.25, 0.3) is 0 Å². The number of benzene rings is 1. The Labute approximate surface area is 114 Å². The number of aliphatic hydroxyl groups excluding tert-OH is 1. The quantitative estimate of drug-likeness (QED) is 0.841. The zero-order chi connectivity index (χ0) is 13.1. The van der Waals surface area contributed by atoms with Crippen LogP contribution >= 0.6 is 0 Å². The summed E-state index contributed by atoms with van der Waals surface area (Å²) in [6, 6.07) is 8.74. The largest absolute Gasteiger partial charge is 0.491 e. The van der Waals surface area contributed by atoms with E-state index < -0.39 is 0 Å². The summed E-state index contributed by atoms with van der Waals surface area (Å²) in [7, 11) is 0. The minimum absolute atomic E-state index is 0.327. The molecule has 1 unspecified atom stereocenters. The van der Waals surface area contributed by atoms with Crippen molar-refractivity contribution in [1.29, 1.82) is 0 Å². The van der Waals surface area contributed by atoms with Gasteiger partial charge in [-0.1, -0.05) is 12.1 Å². The molecule has 1 aromatic rings. The zero-order valence-electron chi connectivity index (χ0n) is 11.2. The zero-order valence-corrected chi connectivity index (χ0v) is 11.2. The summed E-state index contributed by atoms with van der Waals surface area (Å²) in [4.78, 5) is 2.24. The van der Waals surface area contributed by atoms with Gasteiger partial charge in [-0.15, -0.1) is 0 Å². The molecular weight excluding hydrogens is 240 g/mol. The highest BCUT2D eigenvalue weighted by atomic mass is 16.5. The SMILES string of the molecule is OC(CNC1CC1)CN1CCCOc2ccccc21. The predicted molar refractivity (Wildman–Crippen MR) is 75.8 cm³/mol. The molecule has 19 heavy (non-hydrogen) atoms. The van der Waals surface area contributed by atoms with Gasteiger partial charge in [0.25, 0.3) is 0 Å². The smallest absolute Gasteiger partial charge is 0.142 e. The first kappa shape index (κ1) is 12.8. The highest BCUT2D eigenvalue weighted by Gasteiger charge is 2.23. The topological polar surface area (TPSA) is 44.7 Å². The van der Waals surface area contributed by atoms with Gasteiger partial charge in [-0.2, -0.15) is 0 Å². The molecule has 1 heterocycles. The van der Waals surface area contributed by atoms with Crippen LogP contribution < -0.4 is 15.0 Å². The van der Waals surface area contributed by atoms with Crippen LogP contribution in [0, 0.1) is 0 Å². The first-order valence-corrected chi connectivity index (χ1v) is 7.21. The summed E-state index contributed by atoms with van der Waals surface area (Å²) < 4.78 is 5.73. The van der Waals surface area contributed by atoms with Gasteiger partial charge in [0.05, 0.1) is 18.4 Å². The average Bonchev–Trinajstić information content (AvgIpc) is 3.24. The molecule has 1 fully saturated rings. The van der Waals surface area contributed by atoms with Crippen molar-refractivity contribution >= 4 is 5.69 Å². The van der Waals surface area contributed by atoms with E-state index in [0.29, 0.717) is 19.1 Å². The number of nitrogens with one attached hydrogen (secondary N) is 1. The van der Waals surface area contributed by atoms with Crippen molar-refractivity contribution in [2.75, 3.05) is 31.1 Å². The van der Waals surface area contributed by atoms with E-state index in [4.69, 9.17) is 4.74 Å². The molecule has 1 atom stereocenters. The van der Waals surface area contributed by atoms with Crippen molar-refractivity contribution < 1.29 is 9.84 Å². The van der Waals surface area contributed by atoms with Crippen molar-refractivity contribution in [3.8, 4) is 5.75 Å². The molecule has 104 valence electrons. The second-order valence-corrected chi connectivity index (χ2v) is 5.45. The lowest BCUT2D eigenvalue weighted by atomic mass is 10.2. The van der Waals surface area contributed by atoms with Crippen molar-refractivity contribution in [2.24, 2.45) is 0 Å². The van der Waals surface area contributed by atoms with Gasteiger partial charge in [-0.25, -0.2) is 0 Å². The Morgan fingerprint density at radius 1 is 1.37 bits per heavy atom. The Hall–Kier alpha value is -1.26. The molecule has 1 aliphatic heterocycles. The summed E-state index contributed by atoms with van der Waals surface area (Å²) >= 11 is 0. The maximum atomic E-state index is 10.2. The normalized spacial score (nSPS) is 20.4. The van der Waals surface area contributed by atoms with Gasteiger partial charge in [0.2, 0.25) is 0 Å². The third kappa shape index (κ3) is 3.39. The second-order valence-electron chi connectivity index (χ2n) is 5.45. The van der Waals surface area contributed by atoms with Gasteiger partial charge in [-0.05, 0) is 31.4 Å². The number of hydrogen-bond donors (Lipinski definition) is 2. The molecule has 4 nitrogen and oxygen atoms in total. The van der Waals surface area contributed by atoms with Crippen LogP contribution in [0.3, 0.4) is 0 Å². The van der Waals surface area contributed by atoms with Crippen LogP contribution in [-0.2, 0) is 0 Å². The fourth-order valence-corrected chi connectivity index (χ4v) is 2.50. The van der Waals surface area contributed by atoms with Crippen LogP contribution in [0.15, 0.2) is 24.3 Å². The van der Waals surface area contributed by atoms with Gasteiger partial charge in [0.15, 0.2) is 0 Å². The molecule has 1 aromatic carbocycles. The molecule has 0 saturated heterocycles. The molecule has 0 amide bonds. The Morgan fingerprint density at radius 2 is 2.21 bits per heavy atom. The molecule has 0 radical (unpaired) electrons. The van der Waals surface area contributed by atoms with E-state index >= 15 is 0 Å². The Kier molecular flexibility index (Phi) is 3.89. The van der Waals surface area contributed by atoms with Crippen LogP contribution in [0.1, 0.15) is 19.3 Å². The third-order valence-corrected chi connectivity index (χ3v) is 3.69. The molecule has 0 spiro atoms. The number of aliphatic hydroxyl groups is 1.